The van der Waals surface area contributed by atoms with Crippen molar-refractivity contribution in [3.8, 4) is 11.4 Å². The van der Waals surface area contributed by atoms with Gasteiger partial charge in [-0.15, -0.1) is 0 Å². The van der Waals surface area contributed by atoms with Gasteiger partial charge >= 0.3 is 0 Å². The first-order valence-corrected chi connectivity index (χ1v) is 11.7. The van der Waals surface area contributed by atoms with Gasteiger partial charge in [0.05, 0.1) is 0 Å². The van der Waals surface area contributed by atoms with Crippen LogP contribution in [0.3, 0.4) is 0 Å². The highest BCUT2D eigenvalue weighted by atomic mass is 16.5. The van der Waals surface area contributed by atoms with Crippen LogP contribution in [0.1, 0.15) is 80.0 Å². The minimum Gasteiger partial charge on any atom is -0.353 e. The van der Waals surface area contributed by atoms with Gasteiger partial charge in [0, 0.05) is 42.1 Å². The lowest BCUT2D eigenvalue weighted by Gasteiger charge is -2.33. The van der Waals surface area contributed by atoms with E-state index in [1.807, 2.05) is 29.2 Å². The standard InChI is InChI=1S/C24H30N4O3/c29-22(25-20-4-2-1-3-5-20)17-12-14-28(15-13-17)24(30)19-10-6-16(7-11-19)21-26-23(31-27-21)18-8-9-18/h6-7,10-11,17-18,20H,1-5,8-9,12-15H2,(H,25,29). The third-order valence-electron chi connectivity index (χ3n) is 6.86. The molecule has 164 valence electrons. The van der Waals surface area contributed by atoms with Gasteiger partial charge in [0.1, 0.15) is 0 Å². The molecule has 0 radical (unpaired) electrons. The van der Waals surface area contributed by atoms with Crippen molar-refractivity contribution >= 4 is 11.8 Å². The topological polar surface area (TPSA) is 88.3 Å². The van der Waals surface area contributed by atoms with E-state index in [2.05, 4.69) is 15.5 Å². The zero-order valence-electron chi connectivity index (χ0n) is 17.9. The number of rotatable bonds is 5. The number of carbonyl (C=O) groups is 2. The Morgan fingerprint density at radius 3 is 2.32 bits per heavy atom. The summed E-state index contributed by atoms with van der Waals surface area (Å²) < 4.78 is 5.32. The summed E-state index contributed by atoms with van der Waals surface area (Å²) in [5, 5.41) is 7.30. The molecule has 31 heavy (non-hydrogen) atoms. The van der Waals surface area contributed by atoms with Gasteiger partial charge in [-0.05, 0) is 50.7 Å². The molecular formula is C24H30N4O3. The average Bonchev–Trinajstić information content (AvgIpc) is 3.56. The fraction of sp³-hybridized carbons (Fsp3) is 0.583. The van der Waals surface area contributed by atoms with Crippen LogP contribution in [0.4, 0.5) is 0 Å². The van der Waals surface area contributed by atoms with Crippen molar-refractivity contribution in [1.29, 1.82) is 0 Å². The quantitative estimate of drug-likeness (QED) is 0.789. The molecule has 1 saturated heterocycles. The molecule has 2 aromatic rings. The molecule has 1 aliphatic heterocycles. The van der Waals surface area contributed by atoms with Crippen molar-refractivity contribution in [3.05, 3.63) is 35.7 Å². The second kappa shape index (κ2) is 8.81. The minimum absolute atomic E-state index is 0.0180. The predicted octanol–water partition coefficient (Wildman–Crippen LogP) is 3.92. The SMILES string of the molecule is O=C(NC1CCCCC1)C1CCN(C(=O)c2ccc(-c3noc(C4CC4)n3)cc2)CC1. The lowest BCUT2D eigenvalue weighted by atomic mass is 9.92. The summed E-state index contributed by atoms with van der Waals surface area (Å²) in [7, 11) is 0. The highest BCUT2D eigenvalue weighted by Gasteiger charge is 2.31. The lowest BCUT2D eigenvalue weighted by molar-refractivity contribution is -0.127. The maximum Gasteiger partial charge on any atom is 0.253 e. The monoisotopic (exact) mass is 422 g/mol. The number of nitrogens with one attached hydrogen (secondary N) is 1. The van der Waals surface area contributed by atoms with E-state index < -0.39 is 0 Å². The van der Waals surface area contributed by atoms with Gasteiger partial charge in [-0.25, -0.2) is 0 Å². The third-order valence-corrected chi connectivity index (χ3v) is 6.86. The second-order valence-electron chi connectivity index (χ2n) is 9.22. The van der Waals surface area contributed by atoms with Crippen LogP contribution in [0, 0.1) is 5.92 Å². The molecule has 0 bridgehead atoms. The van der Waals surface area contributed by atoms with Crippen molar-refractivity contribution in [2.45, 2.75) is 69.7 Å². The van der Waals surface area contributed by atoms with Crippen LogP contribution in [-0.4, -0.2) is 46.0 Å². The predicted molar refractivity (Wildman–Crippen MR) is 115 cm³/mol. The number of hydrogen-bond acceptors (Lipinski definition) is 5. The van der Waals surface area contributed by atoms with Crippen LogP contribution in [0.2, 0.25) is 0 Å². The zero-order chi connectivity index (χ0) is 21.2. The van der Waals surface area contributed by atoms with Crippen LogP contribution >= 0.6 is 0 Å². The highest BCUT2D eigenvalue weighted by Crippen LogP contribution is 2.39. The van der Waals surface area contributed by atoms with Crippen LogP contribution in [0.5, 0.6) is 0 Å². The molecule has 2 amide bonds. The van der Waals surface area contributed by atoms with E-state index in [1.54, 1.807) is 0 Å². The van der Waals surface area contributed by atoms with E-state index in [4.69, 9.17) is 4.52 Å². The number of amides is 2. The largest absolute Gasteiger partial charge is 0.353 e. The smallest absolute Gasteiger partial charge is 0.253 e. The molecular weight excluding hydrogens is 392 g/mol. The Morgan fingerprint density at radius 2 is 1.65 bits per heavy atom. The molecule has 7 heteroatoms. The Bertz CT molecular complexity index is 921. The number of aromatic nitrogens is 2. The minimum atomic E-state index is 0.0180. The Hall–Kier alpha value is -2.70. The first-order valence-electron chi connectivity index (χ1n) is 11.7. The van der Waals surface area contributed by atoms with Crippen molar-refractivity contribution < 1.29 is 14.1 Å². The maximum absolute atomic E-state index is 12.9. The number of hydrogen-bond donors (Lipinski definition) is 1. The summed E-state index contributed by atoms with van der Waals surface area (Å²) >= 11 is 0. The van der Waals surface area contributed by atoms with Gasteiger partial charge in [0.15, 0.2) is 0 Å². The third kappa shape index (κ3) is 4.65. The summed E-state index contributed by atoms with van der Waals surface area (Å²) in [6.45, 7) is 1.25. The van der Waals surface area contributed by atoms with Crippen molar-refractivity contribution in [1.82, 2.24) is 20.4 Å². The Labute approximate surface area is 182 Å². The van der Waals surface area contributed by atoms with E-state index in [0.717, 1.165) is 44.1 Å². The first kappa shape index (κ1) is 20.2. The molecule has 7 nitrogen and oxygen atoms in total. The van der Waals surface area contributed by atoms with Crippen LogP contribution in [0.15, 0.2) is 28.8 Å². The summed E-state index contributed by atoms with van der Waals surface area (Å²) in [5.41, 5.74) is 1.50. The molecule has 1 N–H and O–H groups in total. The van der Waals surface area contributed by atoms with Gasteiger partial charge in [-0.2, -0.15) is 4.98 Å². The van der Waals surface area contributed by atoms with Crippen molar-refractivity contribution in [2.24, 2.45) is 5.92 Å². The lowest BCUT2D eigenvalue weighted by Crippen LogP contribution is -2.45. The van der Waals surface area contributed by atoms with Gasteiger partial charge in [-0.1, -0.05) is 36.6 Å². The first-order chi connectivity index (χ1) is 15.2. The van der Waals surface area contributed by atoms with Crippen molar-refractivity contribution in [2.75, 3.05) is 13.1 Å². The van der Waals surface area contributed by atoms with Gasteiger partial charge < -0.3 is 14.7 Å². The van der Waals surface area contributed by atoms with Crippen LogP contribution < -0.4 is 5.32 Å². The molecule has 0 atom stereocenters. The van der Waals surface area contributed by atoms with Gasteiger partial charge in [0.25, 0.3) is 5.91 Å². The summed E-state index contributed by atoms with van der Waals surface area (Å²) in [5.74, 6) is 1.93. The van der Waals surface area contributed by atoms with Crippen molar-refractivity contribution in [3.63, 3.8) is 0 Å². The number of carbonyl (C=O) groups excluding carboxylic acids is 2. The molecule has 0 unspecified atom stereocenters. The molecule has 0 spiro atoms. The van der Waals surface area contributed by atoms with E-state index in [1.165, 1.54) is 19.3 Å². The Morgan fingerprint density at radius 1 is 0.935 bits per heavy atom. The highest BCUT2D eigenvalue weighted by molar-refractivity contribution is 5.94. The van der Waals surface area contributed by atoms with Crippen LogP contribution in [0.25, 0.3) is 11.4 Å². The fourth-order valence-electron chi connectivity index (χ4n) is 4.70. The van der Waals surface area contributed by atoms with E-state index in [-0.39, 0.29) is 17.7 Å². The molecule has 2 aliphatic carbocycles. The van der Waals surface area contributed by atoms with Gasteiger partial charge in [-0.3, -0.25) is 9.59 Å². The number of likely N-dealkylation sites (tertiary alicyclic amines) is 1. The zero-order valence-corrected chi connectivity index (χ0v) is 17.9. The summed E-state index contributed by atoms with van der Waals surface area (Å²) in [6, 6.07) is 7.75. The van der Waals surface area contributed by atoms with E-state index in [9.17, 15) is 9.59 Å². The number of benzene rings is 1. The molecule has 3 aliphatic rings. The Balaban J connectivity index is 1.14. The average molecular weight is 423 g/mol. The van der Waals surface area contributed by atoms with E-state index in [0.29, 0.717) is 42.3 Å². The second-order valence-corrected chi connectivity index (χ2v) is 9.22. The molecule has 5 rings (SSSR count). The molecule has 1 aromatic heterocycles. The van der Waals surface area contributed by atoms with Crippen LogP contribution in [-0.2, 0) is 4.79 Å². The molecule has 3 fully saturated rings. The molecule has 1 aromatic carbocycles. The number of nitrogens with zero attached hydrogens (tertiary/aromatic N) is 3. The summed E-state index contributed by atoms with van der Waals surface area (Å²) in [6.07, 6.45) is 9.61. The molecule has 2 heterocycles. The van der Waals surface area contributed by atoms with E-state index >= 15 is 0 Å². The Kier molecular flexibility index (Phi) is 5.74. The molecule has 2 saturated carbocycles. The fourth-order valence-corrected chi connectivity index (χ4v) is 4.70. The van der Waals surface area contributed by atoms with Gasteiger partial charge in [0.2, 0.25) is 17.6 Å². The maximum atomic E-state index is 12.9. The normalized spacial score (nSPS) is 20.6. The summed E-state index contributed by atoms with van der Waals surface area (Å²) in [4.78, 5) is 31.8. The number of piperidine rings is 1.